The zero-order valence-corrected chi connectivity index (χ0v) is 13.3. The van der Waals surface area contributed by atoms with Gasteiger partial charge in [0, 0.05) is 13.1 Å². The smallest absolute Gasteiger partial charge is 0.246 e. The molecular formula is C15H23NO3S. The molecule has 5 heteroatoms. The minimum Gasteiger partial charge on any atom is -0.495 e. The summed E-state index contributed by atoms with van der Waals surface area (Å²) in [4.78, 5) is 0.305. The minimum absolute atomic E-state index is 0.305. The molecule has 112 valence electrons. The Morgan fingerprint density at radius 2 is 1.65 bits per heavy atom. The summed E-state index contributed by atoms with van der Waals surface area (Å²) in [7, 11) is -1.94. The van der Waals surface area contributed by atoms with E-state index in [1.165, 1.54) is 7.11 Å². The van der Waals surface area contributed by atoms with Gasteiger partial charge in [0.05, 0.1) is 7.11 Å². The van der Waals surface area contributed by atoms with E-state index in [1.807, 2.05) is 19.9 Å². The maximum atomic E-state index is 12.9. The van der Waals surface area contributed by atoms with Crippen molar-refractivity contribution in [2.75, 3.05) is 20.2 Å². The second-order valence-electron chi connectivity index (χ2n) is 5.43. The van der Waals surface area contributed by atoms with Crippen LogP contribution in [0.2, 0.25) is 0 Å². The minimum atomic E-state index is -3.46. The number of sulfonamides is 1. The lowest BCUT2D eigenvalue weighted by atomic mass is 10.1. The van der Waals surface area contributed by atoms with E-state index in [0.29, 0.717) is 23.7 Å². The molecule has 2 rings (SSSR count). The average molecular weight is 297 g/mol. The van der Waals surface area contributed by atoms with Gasteiger partial charge in [-0.2, -0.15) is 4.31 Å². The Balaban J connectivity index is 2.47. The third-order valence-corrected chi connectivity index (χ3v) is 5.68. The molecule has 1 saturated heterocycles. The van der Waals surface area contributed by atoms with Crippen molar-refractivity contribution < 1.29 is 13.2 Å². The quantitative estimate of drug-likeness (QED) is 0.862. The van der Waals surface area contributed by atoms with Gasteiger partial charge in [-0.05, 0) is 43.9 Å². The van der Waals surface area contributed by atoms with E-state index >= 15 is 0 Å². The maximum Gasteiger partial charge on any atom is 0.246 e. The highest BCUT2D eigenvalue weighted by Gasteiger charge is 2.29. The highest BCUT2D eigenvalue weighted by atomic mass is 32.2. The van der Waals surface area contributed by atoms with Crippen molar-refractivity contribution in [1.82, 2.24) is 4.31 Å². The van der Waals surface area contributed by atoms with E-state index in [-0.39, 0.29) is 0 Å². The highest BCUT2D eigenvalue weighted by Crippen LogP contribution is 2.32. The van der Waals surface area contributed by atoms with Gasteiger partial charge in [0.15, 0.2) is 0 Å². The van der Waals surface area contributed by atoms with Crippen LogP contribution in [-0.4, -0.2) is 32.9 Å². The molecule has 1 aliphatic heterocycles. The standard InChI is InChI=1S/C15H23NO3S/c1-12-10-13(2)15(19-3)14(11-12)20(17,18)16-8-6-4-5-7-9-16/h10-11H,4-9H2,1-3H3. The monoisotopic (exact) mass is 297 g/mol. The molecule has 0 bridgehead atoms. The van der Waals surface area contributed by atoms with Gasteiger partial charge in [0.1, 0.15) is 10.6 Å². The van der Waals surface area contributed by atoms with Crippen molar-refractivity contribution in [2.24, 2.45) is 0 Å². The van der Waals surface area contributed by atoms with E-state index in [9.17, 15) is 8.42 Å². The van der Waals surface area contributed by atoms with Crippen molar-refractivity contribution >= 4 is 10.0 Å². The van der Waals surface area contributed by atoms with E-state index in [2.05, 4.69) is 0 Å². The van der Waals surface area contributed by atoms with Crippen LogP contribution in [0.25, 0.3) is 0 Å². The first-order valence-corrected chi connectivity index (χ1v) is 8.56. The number of methoxy groups -OCH3 is 1. The molecule has 0 saturated carbocycles. The number of rotatable bonds is 3. The zero-order chi connectivity index (χ0) is 14.8. The number of benzene rings is 1. The molecule has 0 unspecified atom stereocenters. The van der Waals surface area contributed by atoms with Gasteiger partial charge in [-0.1, -0.05) is 18.9 Å². The average Bonchev–Trinajstić information content (AvgIpc) is 2.67. The lowest BCUT2D eigenvalue weighted by molar-refractivity contribution is 0.389. The molecule has 0 spiro atoms. The molecule has 1 aromatic carbocycles. The number of hydrogen-bond donors (Lipinski definition) is 0. The maximum absolute atomic E-state index is 12.9. The molecule has 4 nitrogen and oxygen atoms in total. The van der Waals surface area contributed by atoms with Crippen molar-refractivity contribution in [3.05, 3.63) is 23.3 Å². The third-order valence-electron chi connectivity index (χ3n) is 3.77. The van der Waals surface area contributed by atoms with Gasteiger partial charge in [0.2, 0.25) is 10.0 Å². The molecule has 1 fully saturated rings. The fraction of sp³-hybridized carbons (Fsp3) is 0.600. The molecule has 1 heterocycles. The SMILES string of the molecule is COc1c(C)cc(C)cc1S(=O)(=O)N1CCCCCC1. The second kappa shape index (κ2) is 6.14. The first-order valence-electron chi connectivity index (χ1n) is 7.12. The van der Waals surface area contributed by atoms with E-state index < -0.39 is 10.0 Å². The summed E-state index contributed by atoms with van der Waals surface area (Å²) in [6, 6.07) is 3.66. The number of ether oxygens (including phenoxy) is 1. The molecule has 0 radical (unpaired) electrons. The molecular weight excluding hydrogens is 274 g/mol. The summed E-state index contributed by atoms with van der Waals surface area (Å²) in [5.74, 6) is 0.472. The van der Waals surface area contributed by atoms with Crippen LogP contribution in [-0.2, 0) is 10.0 Å². The summed E-state index contributed by atoms with van der Waals surface area (Å²) in [5.41, 5.74) is 1.80. The van der Waals surface area contributed by atoms with Crippen molar-refractivity contribution in [3.8, 4) is 5.75 Å². The molecule has 1 aromatic rings. The van der Waals surface area contributed by atoms with Gasteiger partial charge in [-0.25, -0.2) is 8.42 Å². The summed E-state index contributed by atoms with van der Waals surface area (Å²) >= 11 is 0. The van der Waals surface area contributed by atoms with Crippen LogP contribution >= 0.6 is 0 Å². The second-order valence-corrected chi connectivity index (χ2v) is 7.34. The molecule has 0 amide bonds. The number of nitrogens with zero attached hydrogens (tertiary/aromatic N) is 1. The van der Waals surface area contributed by atoms with Gasteiger partial charge >= 0.3 is 0 Å². The van der Waals surface area contributed by atoms with Crippen LogP contribution in [0.1, 0.15) is 36.8 Å². The number of hydrogen-bond acceptors (Lipinski definition) is 3. The summed E-state index contributed by atoms with van der Waals surface area (Å²) < 4.78 is 32.7. The Morgan fingerprint density at radius 1 is 1.05 bits per heavy atom. The molecule has 20 heavy (non-hydrogen) atoms. The fourth-order valence-electron chi connectivity index (χ4n) is 2.79. The van der Waals surface area contributed by atoms with E-state index in [4.69, 9.17) is 4.74 Å². The molecule has 0 N–H and O–H groups in total. The van der Waals surface area contributed by atoms with Crippen LogP contribution in [0.5, 0.6) is 5.75 Å². The first-order chi connectivity index (χ1) is 9.46. The Hall–Kier alpha value is -1.07. The predicted octanol–water partition coefficient (Wildman–Crippen LogP) is 2.88. The summed E-state index contributed by atoms with van der Waals surface area (Å²) in [5, 5.41) is 0. The molecule has 0 aliphatic carbocycles. The van der Waals surface area contributed by atoms with Crippen LogP contribution < -0.4 is 4.74 Å². The van der Waals surface area contributed by atoms with Crippen molar-refractivity contribution in [3.63, 3.8) is 0 Å². The van der Waals surface area contributed by atoms with Gasteiger partial charge < -0.3 is 4.74 Å². The first kappa shape index (κ1) is 15.3. The normalized spacial score (nSPS) is 17.8. The Morgan fingerprint density at radius 3 is 2.20 bits per heavy atom. The lowest BCUT2D eigenvalue weighted by Gasteiger charge is -2.22. The van der Waals surface area contributed by atoms with Crippen molar-refractivity contribution in [1.29, 1.82) is 0 Å². The topological polar surface area (TPSA) is 46.6 Å². The molecule has 0 aromatic heterocycles. The third kappa shape index (κ3) is 2.99. The van der Waals surface area contributed by atoms with E-state index in [1.54, 1.807) is 10.4 Å². The predicted molar refractivity (Wildman–Crippen MR) is 79.7 cm³/mol. The number of aryl methyl sites for hydroxylation is 2. The van der Waals surface area contributed by atoms with E-state index in [0.717, 1.165) is 36.8 Å². The van der Waals surface area contributed by atoms with Crippen LogP contribution in [0, 0.1) is 13.8 Å². The van der Waals surface area contributed by atoms with Crippen molar-refractivity contribution in [2.45, 2.75) is 44.4 Å². The Bertz CT molecular complexity index is 573. The lowest BCUT2D eigenvalue weighted by Crippen LogP contribution is -2.32. The highest BCUT2D eigenvalue weighted by molar-refractivity contribution is 7.89. The van der Waals surface area contributed by atoms with Gasteiger partial charge in [-0.15, -0.1) is 0 Å². The van der Waals surface area contributed by atoms with Gasteiger partial charge in [-0.3, -0.25) is 0 Å². The van der Waals surface area contributed by atoms with Crippen LogP contribution in [0.4, 0.5) is 0 Å². The fourth-order valence-corrected chi connectivity index (χ4v) is 4.62. The van der Waals surface area contributed by atoms with Crippen LogP contribution in [0.15, 0.2) is 17.0 Å². The zero-order valence-electron chi connectivity index (χ0n) is 12.5. The molecule has 1 aliphatic rings. The summed E-state index contributed by atoms with van der Waals surface area (Å²) in [6.07, 6.45) is 4.09. The Labute approximate surface area is 121 Å². The largest absolute Gasteiger partial charge is 0.495 e. The van der Waals surface area contributed by atoms with Gasteiger partial charge in [0.25, 0.3) is 0 Å². The molecule has 0 atom stereocenters. The van der Waals surface area contributed by atoms with Crippen LogP contribution in [0.3, 0.4) is 0 Å². The summed E-state index contributed by atoms with van der Waals surface area (Å²) in [6.45, 7) is 5.01. The Kier molecular flexibility index (Phi) is 4.70.